The van der Waals surface area contributed by atoms with Crippen molar-refractivity contribution in [3.8, 4) is 0 Å². The topological polar surface area (TPSA) is 26.3 Å². The molecule has 0 amide bonds. The van der Waals surface area contributed by atoms with Gasteiger partial charge in [-0.15, -0.1) is 0 Å². The van der Waals surface area contributed by atoms with Crippen LogP contribution in [0, 0.1) is 0 Å². The molecule has 22 heavy (non-hydrogen) atoms. The molecule has 2 nitrogen and oxygen atoms in total. The molecule has 1 heterocycles. The molecule has 1 aliphatic rings. The first-order valence-electron chi connectivity index (χ1n) is 7.66. The molecule has 0 aliphatic carbocycles. The van der Waals surface area contributed by atoms with Gasteiger partial charge in [0.05, 0.1) is 12.2 Å². The van der Waals surface area contributed by atoms with E-state index in [1.54, 1.807) is 0 Å². The van der Waals surface area contributed by atoms with Gasteiger partial charge in [-0.1, -0.05) is 67.6 Å². The van der Waals surface area contributed by atoms with Crippen molar-refractivity contribution < 1.29 is 9.30 Å². The summed E-state index contributed by atoms with van der Waals surface area (Å²) in [5, 5.41) is 2.65. The molecular formula is C19H21O2P. The van der Waals surface area contributed by atoms with E-state index in [2.05, 4.69) is 19.9 Å². The van der Waals surface area contributed by atoms with Gasteiger partial charge in [0.2, 0.25) is 0 Å². The van der Waals surface area contributed by atoms with Gasteiger partial charge in [-0.2, -0.15) is 0 Å². The highest BCUT2D eigenvalue weighted by Gasteiger charge is 2.38. The van der Waals surface area contributed by atoms with Crippen LogP contribution >= 0.6 is 7.14 Å². The molecule has 0 bridgehead atoms. The fourth-order valence-electron chi connectivity index (χ4n) is 2.82. The van der Waals surface area contributed by atoms with Crippen LogP contribution in [0.4, 0.5) is 0 Å². The Morgan fingerprint density at radius 3 is 1.91 bits per heavy atom. The summed E-state index contributed by atoms with van der Waals surface area (Å²) in [5.41, 5.74) is -0.311. The van der Waals surface area contributed by atoms with E-state index in [1.165, 1.54) is 0 Å². The number of ether oxygens (including phenoxy) is 1. The van der Waals surface area contributed by atoms with Crippen molar-refractivity contribution in [1.82, 2.24) is 0 Å². The van der Waals surface area contributed by atoms with Crippen molar-refractivity contribution in [3.05, 3.63) is 72.1 Å². The van der Waals surface area contributed by atoms with E-state index in [4.69, 9.17) is 4.74 Å². The molecule has 0 aromatic heterocycles. The Hall–Kier alpha value is -1.63. The van der Waals surface area contributed by atoms with Crippen LogP contribution in [0.15, 0.2) is 72.1 Å². The molecular weight excluding hydrogens is 291 g/mol. The Bertz CT molecular complexity index is 678. The number of hydrogen-bond acceptors (Lipinski definition) is 2. The predicted molar refractivity (Wildman–Crippen MR) is 92.5 cm³/mol. The van der Waals surface area contributed by atoms with Crippen LogP contribution in [-0.4, -0.2) is 12.2 Å². The minimum absolute atomic E-state index is 0.311. The van der Waals surface area contributed by atoms with Gasteiger partial charge in [-0.3, -0.25) is 0 Å². The van der Waals surface area contributed by atoms with E-state index >= 15 is 0 Å². The Morgan fingerprint density at radius 2 is 1.50 bits per heavy atom. The zero-order chi connectivity index (χ0) is 15.6. The summed E-state index contributed by atoms with van der Waals surface area (Å²) in [6.07, 6.45) is 2.95. The maximum atomic E-state index is 14.1. The second kappa shape index (κ2) is 5.87. The van der Waals surface area contributed by atoms with Crippen LogP contribution in [0.2, 0.25) is 0 Å². The van der Waals surface area contributed by atoms with Gasteiger partial charge in [-0.25, -0.2) is 0 Å². The molecule has 2 aromatic rings. The van der Waals surface area contributed by atoms with Crippen molar-refractivity contribution in [3.63, 3.8) is 0 Å². The molecule has 0 fully saturated rings. The fourth-order valence-corrected chi connectivity index (χ4v) is 5.66. The lowest BCUT2D eigenvalue weighted by Gasteiger charge is -2.20. The molecule has 0 saturated carbocycles. The van der Waals surface area contributed by atoms with Crippen LogP contribution < -0.4 is 10.6 Å². The second-order valence-electron chi connectivity index (χ2n) is 5.87. The lowest BCUT2D eigenvalue weighted by molar-refractivity contribution is 0.0381. The average Bonchev–Trinajstić information content (AvgIpc) is 2.99. The molecule has 1 unspecified atom stereocenters. The van der Waals surface area contributed by atoms with E-state index in [-0.39, 0.29) is 5.60 Å². The maximum absolute atomic E-state index is 14.1. The van der Waals surface area contributed by atoms with Gasteiger partial charge < -0.3 is 9.30 Å². The SMILES string of the molecule is CCC1(C)C=C(P(=O)(c2ccccc2)c2ccccc2)CO1. The van der Waals surface area contributed by atoms with Crippen molar-refractivity contribution >= 4 is 17.8 Å². The summed E-state index contributed by atoms with van der Waals surface area (Å²) < 4.78 is 20.0. The largest absolute Gasteiger partial charge is 0.366 e. The zero-order valence-electron chi connectivity index (χ0n) is 13.0. The number of hydrogen-bond donors (Lipinski definition) is 0. The minimum Gasteiger partial charge on any atom is -0.366 e. The predicted octanol–water partition coefficient (Wildman–Crippen LogP) is 4.08. The third-order valence-electron chi connectivity index (χ3n) is 4.37. The van der Waals surface area contributed by atoms with E-state index < -0.39 is 7.14 Å². The molecule has 1 atom stereocenters. The molecule has 0 spiro atoms. The van der Waals surface area contributed by atoms with Gasteiger partial charge in [0.25, 0.3) is 0 Å². The molecule has 3 rings (SSSR count). The summed E-state index contributed by atoms with van der Waals surface area (Å²) in [5.74, 6) is 0. The first-order valence-corrected chi connectivity index (χ1v) is 9.37. The second-order valence-corrected chi connectivity index (χ2v) is 8.70. The monoisotopic (exact) mass is 312 g/mol. The Balaban J connectivity index is 2.18. The van der Waals surface area contributed by atoms with Gasteiger partial charge in [-0.05, 0) is 19.4 Å². The highest BCUT2D eigenvalue weighted by Crippen LogP contribution is 2.54. The van der Waals surface area contributed by atoms with Crippen LogP contribution in [0.5, 0.6) is 0 Å². The fraction of sp³-hybridized carbons (Fsp3) is 0.263. The van der Waals surface area contributed by atoms with Crippen molar-refractivity contribution in [2.45, 2.75) is 25.9 Å². The quantitative estimate of drug-likeness (QED) is 0.795. The summed E-state index contributed by atoms with van der Waals surface area (Å²) in [4.78, 5) is 0. The number of rotatable bonds is 4. The smallest absolute Gasteiger partial charge is 0.169 e. The molecule has 3 heteroatoms. The van der Waals surface area contributed by atoms with Gasteiger partial charge in [0.1, 0.15) is 0 Å². The van der Waals surface area contributed by atoms with Crippen molar-refractivity contribution in [2.75, 3.05) is 6.61 Å². The van der Waals surface area contributed by atoms with E-state index in [0.29, 0.717) is 6.61 Å². The average molecular weight is 312 g/mol. The minimum atomic E-state index is -2.83. The molecule has 114 valence electrons. The summed E-state index contributed by atoms with van der Waals surface area (Å²) in [6, 6.07) is 19.5. The van der Waals surface area contributed by atoms with E-state index in [0.717, 1.165) is 22.3 Å². The molecule has 0 N–H and O–H groups in total. The Morgan fingerprint density at radius 1 is 1.00 bits per heavy atom. The van der Waals surface area contributed by atoms with Crippen LogP contribution in [0.3, 0.4) is 0 Å². The van der Waals surface area contributed by atoms with Crippen molar-refractivity contribution in [1.29, 1.82) is 0 Å². The van der Waals surface area contributed by atoms with Gasteiger partial charge >= 0.3 is 0 Å². The van der Waals surface area contributed by atoms with Crippen LogP contribution in [0.25, 0.3) is 0 Å². The maximum Gasteiger partial charge on any atom is 0.169 e. The van der Waals surface area contributed by atoms with E-state index in [1.807, 2.05) is 60.7 Å². The standard InChI is InChI=1S/C19H21O2P/c1-3-19(2)14-18(15-21-19)22(20,16-10-6-4-7-11-16)17-12-8-5-9-13-17/h4-14H,3,15H2,1-2H3. The van der Waals surface area contributed by atoms with Crippen molar-refractivity contribution in [2.24, 2.45) is 0 Å². The van der Waals surface area contributed by atoms with Crippen LogP contribution in [-0.2, 0) is 9.30 Å². The lowest BCUT2D eigenvalue weighted by atomic mass is 10.1. The molecule has 1 aliphatic heterocycles. The third kappa shape index (κ3) is 2.58. The zero-order valence-corrected chi connectivity index (χ0v) is 13.9. The third-order valence-corrected chi connectivity index (χ3v) is 7.49. The Kier molecular flexibility index (Phi) is 4.08. The normalized spacial score (nSPS) is 21.6. The van der Waals surface area contributed by atoms with Crippen LogP contribution in [0.1, 0.15) is 20.3 Å². The molecule has 2 aromatic carbocycles. The van der Waals surface area contributed by atoms with E-state index in [9.17, 15) is 4.57 Å². The first kappa shape index (κ1) is 15.3. The van der Waals surface area contributed by atoms with Gasteiger partial charge in [0, 0.05) is 15.9 Å². The Labute approximate surface area is 132 Å². The number of benzene rings is 2. The lowest BCUT2D eigenvalue weighted by Crippen LogP contribution is -2.19. The summed E-state index contributed by atoms with van der Waals surface area (Å²) >= 11 is 0. The summed E-state index contributed by atoms with van der Waals surface area (Å²) in [7, 11) is -2.83. The van der Waals surface area contributed by atoms with Gasteiger partial charge in [0.15, 0.2) is 7.14 Å². The summed E-state index contributed by atoms with van der Waals surface area (Å²) in [6.45, 7) is 4.58. The molecule has 0 saturated heterocycles. The molecule has 0 radical (unpaired) electrons. The highest BCUT2D eigenvalue weighted by molar-refractivity contribution is 7.82. The highest BCUT2D eigenvalue weighted by atomic mass is 31.2. The first-order chi connectivity index (χ1) is 10.6.